The summed E-state index contributed by atoms with van der Waals surface area (Å²) in [4.78, 5) is 55.4. The summed E-state index contributed by atoms with van der Waals surface area (Å²) in [5, 5.41) is 0.421. The molecule has 10 heteroatoms. The fourth-order valence-corrected chi connectivity index (χ4v) is 5.00. The third-order valence-corrected chi connectivity index (χ3v) is 6.97. The summed E-state index contributed by atoms with van der Waals surface area (Å²) in [5.41, 5.74) is 1.61. The highest BCUT2D eigenvalue weighted by atomic mass is 32.2. The average molecular weight is 485 g/mol. The molecule has 0 atom stereocenters. The van der Waals surface area contributed by atoms with Crippen LogP contribution in [-0.2, 0) is 25.7 Å². The summed E-state index contributed by atoms with van der Waals surface area (Å²) in [6, 6.07) is 7.64. The monoisotopic (exact) mass is 484 g/mol. The molecule has 4 rings (SSSR count). The van der Waals surface area contributed by atoms with Crippen LogP contribution >= 0.6 is 11.8 Å². The first-order valence-corrected chi connectivity index (χ1v) is 12.2. The molecule has 2 aliphatic rings. The SMILES string of the molecule is CCN(CC)C(=O)Cn1cc(/C=C2\SC(=O)N(CC(=O)N3CCOCC3)C2=O)c2ccccc21. The lowest BCUT2D eigenvalue weighted by Crippen LogP contribution is -2.46. The second-order valence-corrected chi connectivity index (χ2v) is 9.05. The zero-order valence-corrected chi connectivity index (χ0v) is 20.2. The number of thioether (sulfide) groups is 1. The Kier molecular flexibility index (Phi) is 7.38. The van der Waals surface area contributed by atoms with E-state index in [0.717, 1.165) is 33.1 Å². The maximum absolute atomic E-state index is 13.0. The van der Waals surface area contributed by atoms with E-state index in [-0.39, 0.29) is 29.8 Å². The van der Waals surface area contributed by atoms with Gasteiger partial charge in [-0.2, -0.15) is 0 Å². The molecule has 2 aromatic rings. The fraction of sp³-hybridized carbons (Fsp3) is 0.417. The molecule has 0 N–H and O–H groups in total. The Labute approximate surface area is 202 Å². The molecule has 34 heavy (non-hydrogen) atoms. The molecule has 4 amide bonds. The summed E-state index contributed by atoms with van der Waals surface area (Å²) in [6.07, 6.45) is 3.50. The highest BCUT2D eigenvalue weighted by Crippen LogP contribution is 2.34. The van der Waals surface area contributed by atoms with Gasteiger partial charge in [0, 0.05) is 48.8 Å². The molecule has 2 saturated heterocycles. The van der Waals surface area contributed by atoms with Crippen LogP contribution < -0.4 is 0 Å². The van der Waals surface area contributed by atoms with Gasteiger partial charge in [-0.15, -0.1) is 0 Å². The maximum Gasteiger partial charge on any atom is 0.294 e. The number of fused-ring (bicyclic) bond motifs is 1. The van der Waals surface area contributed by atoms with Crippen molar-refractivity contribution in [3.63, 3.8) is 0 Å². The normalized spacial score (nSPS) is 17.8. The lowest BCUT2D eigenvalue weighted by atomic mass is 10.1. The number of carbonyl (C=O) groups is 4. The van der Waals surface area contributed by atoms with Crippen LogP contribution in [0.25, 0.3) is 17.0 Å². The minimum Gasteiger partial charge on any atom is -0.378 e. The van der Waals surface area contributed by atoms with Crippen LogP contribution in [0, 0.1) is 0 Å². The molecule has 0 bridgehead atoms. The smallest absolute Gasteiger partial charge is 0.294 e. The molecule has 0 unspecified atom stereocenters. The van der Waals surface area contributed by atoms with E-state index in [2.05, 4.69) is 0 Å². The van der Waals surface area contributed by atoms with E-state index in [1.165, 1.54) is 0 Å². The Bertz CT molecular complexity index is 1150. The molecular formula is C24H28N4O5S. The molecule has 0 spiro atoms. The molecule has 180 valence electrons. The number of morpholine rings is 1. The van der Waals surface area contributed by atoms with Gasteiger partial charge < -0.3 is 19.1 Å². The van der Waals surface area contributed by atoms with Crippen LogP contribution in [-0.4, -0.2) is 88.2 Å². The second kappa shape index (κ2) is 10.4. The van der Waals surface area contributed by atoms with Crippen molar-refractivity contribution >= 4 is 51.7 Å². The molecule has 3 heterocycles. The summed E-state index contributed by atoms with van der Waals surface area (Å²) in [6.45, 7) is 6.89. The summed E-state index contributed by atoms with van der Waals surface area (Å²) < 4.78 is 7.12. The van der Waals surface area contributed by atoms with Crippen molar-refractivity contribution in [2.45, 2.75) is 20.4 Å². The Hall–Kier alpha value is -3.11. The van der Waals surface area contributed by atoms with Gasteiger partial charge in [-0.25, -0.2) is 0 Å². The number of carbonyl (C=O) groups excluding carboxylic acids is 4. The molecule has 0 radical (unpaired) electrons. The first-order valence-electron chi connectivity index (χ1n) is 11.4. The van der Waals surface area contributed by atoms with Crippen molar-refractivity contribution in [1.82, 2.24) is 19.3 Å². The van der Waals surface area contributed by atoms with Crippen LogP contribution in [0.5, 0.6) is 0 Å². The lowest BCUT2D eigenvalue weighted by molar-refractivity contribution is -0.139. The first-order chi connectivity index (χ1) is 16.4. The number of likely N-dealkylation sites (N-methyl/N-ethyl adjacent to an activating group) is 1. The highest BCUT2D eigenvalue weighted by molar-refractivity contribution is 8.18. The average Bonchev–Trinajstić information content (AvgIpc) is 3.32. The van der Waals surface area contributed by atoms with Crippen molar-refractivity contribution < 1.29 is 23.9 Å². The predicted octanol–water partition coefficient (Wildman–Crippen LogP) is 2.40. The van der Waals surface area contributed by atoms with Crippen LogP contribution in [0.4, 0.5) is 4.79 Å². The van der Waals surface area contributed by atoms with Crippen LogP contribution in [0.3, 0.4) is 0 Å². The van der Waals surface area contributed by atoms with Gasteiger partial charge in [-0.05, 0) is 37.8 Å². The second-order valence-electron chi connectivity index (χ2n) is 8.06. The van der Waals surface area contributed by atoms with E-state index in [9.17, 15) is 19.2 Å². The highest BCUT2D eigenvalue weighted by Gasteiger charge is 2.37. The summed E-state index contributed by atoms with van der Waals surface area (Å²) in [7, 11) is 0. The zero-order valence-electron chi connectivity index (χ0n) is 19.4. The van der Waals surface area contributed by atoms with Gasteiger partial charge >= 0.3 is 0 Å². The summed E-state index contributed by atoms with van der Waals surface area (Å²) in [5.74, 6) is -0.731. The first kappa shape index (κ1) is 24.0. The topological polar surface area (TPSA) is 92.2 Å². The molecule has 0 aliphatic carbocycles. The quantitative estimate of drug-likeness (QED) is 0.561. The zero-order chi connectivity index (χ0) is 24.2. The number of para-hydroxylation sites is 1. The number of benzene rings is 1. The number of nitrogens with zero attached hydrogens (tertiary/aromatic N) is 4. The lowest BCUT2D eigenvalue weighted by Gasteiger charge is -2.28. The maximum atomic E-state index is 13.0. The van der Waals surface area contributed by atoms with Crippen molar-refractivity contribution in [1.29, 1.82) is 0 Å². The van der Waals surface area contributed by atoms with Gasteiger partial charge in [0.1, 0.15) is 13.1 Å². The molecule has 1 aromatic heterocycles. The number of amides is 4. The summed E-state index contributed by atoms with van der Waals surface area (Å²) >= 11 is 0.828. The predicted molar refractivity (Wildman–Crippen MR) is 130 cm³/mol. The standard InChI is InChI=1S/C24H28N4O5S/c1-3-25(4-2)21(29)15-27-14-17(18-7-5-6-8-19(18)27)13-20-23(31)28(24(32)34-20)16-22(30)26-9-11-33-12-10-26/h5-8,13-14H,3-4,9-12,15-16H2,1-2H3/b20-13-. The van der Waals surface area contributed by atoms with E-state index >= 15 is 0 Å². The van der Waals surface area contributed by atoms with Gasteiger partial charge in [0.2, 0.25) is 11.8 Å². The van der Waals surface area contributed by atoms with Crippen molar-refractivity contribution in [3.8, 4) is 0 Å². The van der Waals surface area contributed by atoms with Crippen molar-refractivity contribution in [2.24, 2.45) is 0 Å². The number of aromatic nitrogens is 1. The van der Waals surface area contributed by atoms with E-state index in [1.54, 1.807) is 15.9 Å². The van der Waals surface area contributed by atoms with Gasteiger partial charge in [0.15, 0.2) is 0 Å². The Balaban J connectivity index is 1.56. The number of rotatable bonds is 7. The third kappa shape index (κ3) is 4.88. The molecule has 2 aliphatic heterocycles. The minimum atomic E-state index is -0.479. The van der Waals surface area contributed by atoms with E-state index < -0.39 is 11.1 Å². The van der Waals surface area contributed by atoms with Crippen LogP contribution in [0.15, 0.2) is 35.4 Å². The van der Waals surface area contributed by atoms with Crippen molar-refractivity contribution in [3.05, 3.63) is 40.9 Å². The largest absolute Gasteiger partial charge is 0.378 e. The molecule has 1 aromatic carbocycles. The molecule has 2 fully saturated rings. The number of hydrogen-bond donors (Lipinski definition) is 0. The Morgan fingerprint density at radius 1 is 1.09 bits per heavy atom. The van der Waals surface area contributed by atoms with Crippen LogP contribution in [0.2, 0.25) is 0 Å². The van der Waals surface area contributed by atoms with Gasteiger partial charge in [-0.1, -0.05) is 18.2 Å². The van der Waals surface area contributed by atoms with E-state index in [1.807, 2.05) is 48.9 Å². The molecular weight excluding hydrogens is 456 g/mol. The minimum absolute atomic E-state index is 0.0132. The molecule has 9 nitrogen and oxygen atoms in total. The van der Waals surface area contributed by atoms with Gasteiger partial charge in [-0.3, -0.25) is 24.1 Å². The molecule has 0 saturated carbocycles. The van der Waals surface area contributed by atoms with Crippen LogP contribution in [0.1, 0.15) is 19.4 Å². The van der Waals surface area contributed by atoms with Crippen molar-refractivity contribution in [2.75, 3.05) is 45.9 Å². The number of hydrogen-bond acceptors (Lipinski definition) is 6. The third-order valence-electron chi connectivity index (χ3n) is 6.06. The van der Waals surface area contributed by atoms with Gasteiger partial charge in [0.05, 0.1) is 18.1 Å². The number of imide groups is 1. The fourth-order valence-electron chi connectivity index (χ4n) is 4.17. The van der Waals surface area contributed by atoms with E-state index in [4.69, 9.17) is 4.74 Å². The Morgan fingerprint density at radius 2 is 1.79 bits per heavy atom. The van der Waals surface area contributed by atoms with Gasteiger partial charge in [0.25, 0.3) is 11.1 Å². The number of ether oxygens (including phenoxy) is 1. The Morgan fingerprint density at radius 3 is 2.50 bits per heavy atom. The van der Waals surface area contributed by atoms with E-state index in [0.29, 0.717) is 39.4 Å².